The van der Waals surface area contributed by atoms with Crippen molar-refractivity contribution in [3.05, 3.63) is 32.7 Å². The lowest BCUT2D eigenvalue weighted by Gasteiger charge is -2.08. The maximum Gasteiger partial charge on any atom is 0.188 e. The van der Waals surface area contributed by atoms with Crippen molar-refractivity contribution in [3.63, 3.8) is 0 Å². The molecule has 0 amide bonds. The molecule has 0 saturated heterocycles. The molecule has 0 spiro atoms. The number of rotatable bonds is 4. The Morgan fingerprint density at radius 2 is 2.11 bits per heavy atom. The topological polar surface area (TPSA) is 69.2 Å². The molecule has 0 aliphatic rings. The van der Waals surface area contributed by atoms with Crippen LogP contribution in [0.2, 0.25) is 0 Å². The van der Waals surface area contributed by atoms with Crippen LogP contribution in [0, 0.1) is 6.92 Å². The normalized spacial score (nSPS) is 11.5. The van der Waals surface area contributed by atoms with E-state index in [4.69, 9.17) is 4.74 Å². The quantitative estimate of drug-likeness (QED) is 0.835. The Morgan fingerprint density at radius 3 is 2.68 bits per heavy atom. The second kappa shape index (κ2) is 5.56. The third-order valence-electron chi connectivity index (χ3n) is 2.34. The minimum absolute atomic E-state index is 0.150. The molecule has 0 N–H and O–H groups in total. The van der Waals surface area contributed by atoms with Gasteiger partial charge in [-0.3, -0.25) is 0 Å². The predicted octanol–water partition coefficient (Wildman–Crippen LogP) is 2.59. The van der Waals surface area contributed by atoms with Gasteiger partial charge in [0.25, 0.3) is 0 Å². The number of ether oxygens (including phenoxy) is 1. The Labute approximate surface area is 123 Å². The maximum absolute atomic E-state index is 12.4. The zero-order valence-electron chi connectivity index (χ0n) is 10.3. The highest BCUT2D eigenvalue weighted by molar-refractivity contribution is 9.10. The van der Waals surface area contributed by atoms with Gasteiger partial charge in [0, 0.05) is 4.47 Å². The van der Waals surface area contributed by atoms with Gasteiger partial charge in [0.1, 0.15) is 26.4 Å². The molecule has 19 heavy (non-hydrogen) atoms. The largest absolute Gasteiger partial charge is 0.495 e. The van der Waals surface area contributed by atoms with Crippen LogP contribution in [0.5, 0.6) is 5.75 Å². The van der Waals surface area contributed by atoms with Crippen LogP contribution in [0.15, 0.2) is 27.6 Å². The Hall–Kier alpha value is -0.990. The van der Waals surface area contributed by atoms with E-state index in [1.54, 1.807) is 19.1 Å². The van der Waals surface area contributed by atoms with E-state index in [-0.39, 0.29) is 10.6 Å². The Kier molecular flexibility index (Phi) is 4.22. The maximum atomic E-state index is 12.4. The molecule has 0 fully saturated rings. The first kappa shape index (κ1) is 14.4. The summed E-state index contributed by atoms with van der Waals surface area (Å²) in [5.41, 5.74) is 0. The third kappa shape index (κ3) is 3.31. The van der Waals surface area contributed by atoms with Crippen LogP contribution in [-0.2, 0) is 15.6 Å². The minimum atomic E-state index is -3.51. The fraction of sp³-hybridized carbons (Fsp3) is 0.273. The van der Waals surface area contributed by atoms with E-state index >= 15 is 0 Å². The van der Waals surface area contributed by atoms with Crippen molar-refractivity contribution in [2.24, 2.45) is 0 Å². The lowest BCUT2D eigenvalue weighted by atomic mass is 10.3. The summed E-state index contributed by atoms with van der Waals surface area (Å²) < 4.78 is 30.5. The molecule has 1 aromatic heterocycles. The summed E-state index contributed by atoms with van der Waals surface area (Å²) in [4.78, 5) is 0.150. The van der Waals surface area contributed by atoms with Gasteiger partial charge in [-0.15, -0.1) is 21.5 Å². The van der Waals surface area contributed by atoms with E-state index < -0.39 is 9.84 Å². The molecular weight excluding hydrogens is 352 g/mol. The van der Waals surface area contributed by atoms with E-state index in [0.717, 1.165) is 5.01 Å². The van der Waals surface area contributed by atoms with Gasteiger partial charge in [0.2, 0.25) is 0 Å². The molecule has 2 aromatic rings. The molecular formula is C11H11BrN2O3S2. The van der Waals surface area contributed by atoms with E-state index in [0.29, 0.717) is 15.2 Å². The Balaban J connectivity index is 2.41. The van der Waals surface area contributed by atoms with Gasteiger partial charge in [-0.1, -0.05) is 15.9 Å². The summed E-state index contributed by atoms with van der Waals surface area (Å²) in [7, 11) is -2.07. The minimum Gasteiger partial charge on any atom is -0.495 e. The number of sulfone groups is 1. The van der Waals surface area contributed by atoms with Crippen molar-refractivity contribution in [1.82, 2.24) is 10.2 Å². The SMILES string of the molecule is COc1ccc(Br)cc1S(=O)(=O)Cc1nnc(C)s1. The number of nitrogens with zero attached hydrogens (tertiary/aromatic N) is 2. The van der Waals surface area contributed by atoms with Crippen molar-refractivity contribution in [1.29, 1.82) is 0 Å². The lowest BCUT2D eigenvalue weighted by Crippen LogP contribution is -2.07. The van der Waals surface area contributed by atoms with E-state index in [2.05, 4.69) is 26.1 Å². The zero-order valence-corrected chi connectivity index (χ0v) is 13.5. The highest BCUT2D eigenvalue weighted by Crippen LogP contribution is 2.30. The van der Waals surface area contributed by atoms with Crippen molar-refractivity contribution in [2.45, 2.75) is 17.6 Å². The molecule has 8 heteroatoms. The number of benzene rings is 1. The smallest absolute Gasteiger partial charge is 0.188 e. The number of hydrogen-bond donors (Lipinski definition) is 0. The summed E-state index contributed by atoms with van der Waals surface area (Å²) in [6, 6.07) is 4.87. The summed E-state index contributed by atoms with van der Waals surface area (Å²) in [6.45, 7) is 1.79. The first-order valence-electron chi connectivity index (χ1n) is 5.27. The Bertz CT molecular complexity index is 698. The summed E-state index contributed by atoms with van der Waals surface area (Å²) in [5, 5.41) is 8.87. The summed E-state index contributed by atoms with van der Waals surface area (Å²) in [5.74, 6) is 0.148. The van der Waals surface area contributed by atoms with Gasteiger partial charge in [-0.25, -0.2) is 8.42 Å². The van der Waals surface area contributed by atoms with Crippen LogP contribution in [0.1, 0.15) is 10.0 Å². The van der Waals surface area contributed by atoms with Gasteiger partial charge >= 0.3 is 0 Å². The van der Waals surface area contributed by atoms with Crippen LogP contribution < -0.4 is 4.74 Å². The second-order valence-corrected chi connectivity index (χ2v) is 7.91. The number of methoxy groups -OCH3 is 1. The first-order chi connectivity index (χ1) is 8.92. The van der Waals surface area contributed by atoms with Gasteiger partial charge < -0.3 is 4.74 Å². The van der Waals surface area contributed by atoms with Gasteiger partial charge in [-0.2, -0.15) is 0 Å². The highest BCUT2D eigenvalue weighted by Gasteiger charge is 2.22. The third-order valence-corrected chi connectivity index (χ3v) is 5.50. The fourth-order valence-electron chi connectivity index (χ4n) is 1.53. The van der Waals surface area contributed by atoms with E-state index in [9.17, 15) is 8.42 Å². The average molecular weight is 363 g/mol. The molecule has 1 aromatic carbocycles. The van der Waals surface area contributed by atoms with Crippen LogP contribution >= 0.6 is 27.3 Å². The monoisotopic (exact) mass is 362 g/mol. The first-order valence-corrected chi connectivity index (χ1v) is 8.54. The molecule has 5 nitrogen and oxygen atoms in total. The number of aryl methyl sites for hydroxylation is 1. The van der Waals surface area contributed by atoms with Crippen LogP contribution in [0.4, 0.5) is 0 Å². The van der Waals surface area contributed by atoms with Crippen molar-refractivity contribution >= 4 is 37.1 Å². The van der Waals surface area contributed by atoms with E-state index in [1.165, 1.54) is 24.5 Å². The molecule has 0 saturated carbocycles. The standard InChI is InChI=1S/C11H11BrN2O3S2/c1-7-13-14-11(18-7)6-19(15,16)10-5-8(12)3-4-9(10)17-2/h3-5H,6H2,1-2H3. The number of hydrogen-bond acceptors (Lipinski definition) is 6. The molecule has 1 heterocycles. The summed E-state index contributed by atoms with van der Waals surface area (Å²) in [6.07, 6.45) is 0. The summed E-state index contributed by atoms with van der Waals surface area (Å²) >= 11 is 4.54. The van der Waals surface area contributed by atoms with Crippen molar-refractivity contribution in [3.8, 4) is 5.75 Å². The number of halogens is 1. The van der Waals surface area contributed by atoms with Gasteiger partial charge in [0.05, 0.1) is 7.11 Å². The molecule has 0 aliphatic heterocycles. The van der Waals surface area contributed by atoms with Gasteiger partial charge in [0.15, 0.2) is 9.84 Å². The molecule has 2 rings (SSSR count). The van der Waals surface area contributed by atoms with Crippen LogP contribution in [-0.4, -0.2) is 25.7 Å². The molecule has 0 radical (unpaired) electrons. The lowest BCUT2D eigenvalue weighted by molar-refractivity contribution is 0.402. The van der Waals surface area contributed by atoms with Crippen molar-refractivity contribution in [2.75, 3.05) is 7.11 Å². The molecule has 0 aliphatic carbocycles. The average Bonchev–Trinajstić information content (AvgIpc) is 2.74. The van der Waals surface area contributed by atoms with Crippen LogP contribution in [0.25, 0.3) is 0 Å². The second-order valence-electron chi connectivity index (χ2n) is 3.77. The zero-order chi connectivity index (χ0) is 14.0. The number of aromatic nitrogens is 2. The molecule has 0 bridgehead atoms. The van der Waals surface area contributed by atoms with Crippen molar-refractivity contribution < 1.29 is 13.2 Å². The highest BCUT2D eigenvalue weighted by atomic mass is 79.9. The molecule has 102 valence electrons. The fourth-order valence-corrected chi connectivity index (χ4v) is 4.55. The van der Waals surface area contributed by atoms with Gasteiger partial charge in [-0.05, 0) is 25.1 Å². The Morgan fingerprint density at radius 1 is 1.37 bits per heavy atom. The molecule has 0 unspecified atom stereocenters. The predicted molar refractivity (Wildman–Crippen MR) is 76.2 cm³/mol. The molecule has 0 atom stereocenters. The van der Waals surface area contributed by atoms with Crippen LogP contribution in [0.3, 0.4) is 0 Å². The van der Waals surface area contributed by atoms with E-state index in [1.807, 2.05) is 0 Å².